The van der Waals surface area contributed by atoms with Gasteiger partial charge in [-0.25, -0.2) is 18.6 Å². The first-order chi connectivity index (χ1) is 15.7. The fourth-order valence-corrected chi connectivity index (χ4v) is 4.88. The predicted molar refractivity (Wildman–Crippen MR) is 131 cm³/mol. The highest BCUT2D eigenvalue weighted by Gasteiger charge is 2.21. The van der Waals surface area contributed by atoms with E-state index in [9.17, 15) is 8.60 Å². The number of fused-ring (bicyclic) bond motifs is 1. The summed E-state index contributed by atoms with van der Waals surface area (Å²) in [6.45, 7) is 4.03. The van der Waals surface area contributed by atoms with Crippen LogP contribution in [0.4, 0.5) is 15.9 Å². The molecule has 2 aromatic heterocycles. The lowest BCUT2D eigenvalue weighted by atomic mass is 9.91. The van der Waals surface area contributed by atoms with Gasteiger partial charge in [0.15, 0.2) is 12.0 Å². The minimum Gasteiger partial charge on any atom is -0.398 e. The molecule has 33 heavy (non-hydrogen) atoms. The van der Waals surface area contributed by atoms with Crippen LogP contribution in [-0.4, -0.2) is 26.6 Å². The molecule has 2 heterocycles. The highest BCUT2D eigenvalue weighted by atomic mass is 32.2. The molecule has 8 heteroatoms. The Bertz CT molecular complexity index is 1470. The first kappa shape index (κ1) is 22.5. The Morgan fingerprint density at radius 2 is 1.85 bits per heavy atom. The van der Waals surface area contributed by atoms with E-state index in [4.69, 9.17) is 16.1 Å². The molecule has 4 aromatic rings. The van der Waals surface area contributed by atoms with Gasteiger partial charge in [0.2, 0.25) is 0 Å². The van der Waals surface area contributed by atoms with Crippen LogP contribution < -0.4 is 11.1 Å². The number of hydrogen-bond donors (Lipinski definition) is 2. The zero-order chi connectivity index (χ0) is 23.8. The van der Waals surface area contributed by atoms with Gasteiger partial charge in [0.05, 0.1) is 21.0 Å². The summed E-state index contributed by atoms with van der Waals surface area (Å²) < 4.78 is 31.7. The van der Waals surface area contributed by atoms with Gasteiger partial charge in [-0.05, 0) is 53.3 Å². The second-order valence-electron chi connectivity index (χ2n) is 8.11. The van der Waals surface area contributed by atoms with E-state index >= 15 is 0 Å². The SMILES string of the molecule is CC(C)c1nc(N=S(C)(=O)c2ccccn2)c2cc(N)c(C=[NH2+])cc2c1-c1ccc(F)cc1. The third-order valence-corrected chi connectivity index (χ3v) is 6.90. The van der Waals surface area contributed by atoms with Crippen LogP contribution in [0.25, 0.3) is 21.9 Å². The average Bonchev–Trinajstić information content (AvgIpc) is 2.79. The Kier molecular flexibility index (Phi) is 5.95. The Morgan fingerprint density at radius 3 is 2.45 bits per heavy atom. The Morgan fingerprint density at radius 1 is 1.12 bits per heavy atom. The highest BCUT2D eigenvalue weighted by Crippen LogP contribution is 2.40. The Hall–Kier alpha value is -3.65. The van der Waals surface area contributed by atoms with Crippen LogP contribution in [0.5, 0.6) is 0 Å². The van der Waals surface area contributed by atoms with Crippen LogP contribution in [0, 0.1) is 5.82 Å². The van der Waals surface area contributed by atoms with Crippen molar-refractivity contribution in [1.82, 2.24) is 9.97 Å². The smallest absolute Gasteiger partial charge is 0.170 e. The van der Waals surface area contributed by atoms with Crippen molar-refractivity contribution < 1.29 is 14.0 Å². The molecule has 4 N–H and O–H groups in total. The molecule has 0 aliphatic carbocycles. The molecule has 0 saturated heterocycles. The van der Waals surface area contributed by atoms with E-state index in [1.807, 2.05) is 19.9 Å². The van der Waals surface area contributed by atoms with Crippen LogP contribution in [0.1, 0.15) is 31.0 Å². The molecule has 2 aromatic carbocycles. The van der Waals surface area contributed by atoms with Gasteiger partial charge in [-0.2, -0.15) is 4.36 Å². The normalized spacial score (nSPS) is 13.1. The zero-order valence-electron chi connectivity index (χ0n) is 18.6. The number of halogens is 1. The molecule has 1 unspecified atom stereocenters. The molecule has 1 atom stereocenters. The molecule has 0 bridgehead atoms. The van der Waals surface area contributed by atoms with Crippen molar-refractivity contribution in [3.63, 3.8) is 0 Å². The Labute approximate surface area is 192 Å². The molecule has 0 spiro atoms. The maximum absolute atomic E-state index is 13.7. The third-order valence-electron chi connectivity index (χ3n) is 5.36. The number of anilines is 1. The van der Waals surface area contributed by atoms with Crippen molar-refractivity contribution in [2.75, 3.05) is 12.0 Å². The van der Waals surface area contributed by atoms with E-state index in [1.165, 1.54) is 24.6 Å². The minimum atomic E-state index is -2.88. The summed E-state index contributed by atoms with van der Waals surface area (Å²) in [5, 5.41) is 7.61. The van der Waals surface area contributed by atoms with E-state index in [2.05, 4.69) is 9.35 Å². The fraction of sp³-hybridized carbons (Fsp3) is 0.160. The molecule has 0 saturated carbocycles. The lowest BCUT2D eigenvalue weighted by Gasteiger charge is -2.18. The molecule has 0 fully saturated rings. The van der Waals surface area contributed by atoms with Crippen molar-refractivity contribution in [1.29, 1.82) is 0 Å². The number of benzene rings is 2. The standard InChI is InChI=1S/C25H24FN5OS/c1-15(2)24-23(16-7-9-18(26)10-8-16)19-12-17(14-27)21(28)13-20(19)25(30-24)31-33(3,32)22-6-4-5-11-29-22/h4-15,27H,28H2,1-3H3/p+1. The minimum absolute atomic E-state index is 0.00835. The molecular formula is C25H25FN5OS+. The molecule has 4 rings (SSSR count). The third kappa shape index (κ3) is 4.34. The number of nitrogens with two attached hydrogens (primary N) is 2. The fourth-order valence-electron chi connectivity index (χ4n) is 3.73. The van der Waals surface area contributed by atoms with Crippen LogP contribution >= 0.6 is 0 Å². The van der Waals surface area contributed by atoms with Crippen molar-refractivity contribution in [2.45, 2.75) is 24.8 Å². The maximum atomic E-state index is 13.7. The number of rotatable bonds is 5. The summed E-state index contributed by atoms with van der Waals surface area (Å²) in [7, 11) is -2.88. The predicted octanol–water partition coefficient (Wildman–Crippen LogP) is 4.11. The summed E-state index contributed by atoms with van der Waals surface area (Å²) in [6, 6.07) is 15.1. The second kappa shape index (κ2) is 8.71. The van der Waals surface area contributed by atoms with Gasteiger partial charge >= 0.3 is 0 Å². The molecule has 6 nitrogen and oxygen atoms in total. The summed E-state index contributed by atoms with van der Waals surface area (Å²) in [5.74, 6) is -0.00273. The van der Waals surface area contributed by atoms with Crippen LogP contribution in [0.3, 0.4) is 0 Å². The quantitative estimate of drug-likeness (QED) is 0.344. The van der Waals surface area contributed by atoms with E-state index in [-0.39, 0.29) is 11.7 Å². The molecule has 0 amide bonds. The van der Waals surface area contributed by atoms with Gasteiger partial charge in [0.25, 0.3) is 0 Å². The van der Waals surface area contributed by atoms with E-state index in [1.54, 1.807) is 42.6 Å². The summed E-state index contributed by atoms with van der Waals surface area (Å²) in [6.07, 6.45) is 4.56. The van der Waals surface area contributed by atoms with Crippen LogP contribution in [-0.2, 0) is 9.73 Å². The molecular weight excluding hydrogens is 437 g/mol. The van der Waals surface area contributed by atoms with Crippen LogP contribution in [0.2, 0.25) is 0 Å². The van der Waals surface area contributed by atoms with E-state index in [0.29, 0.717) is 27.5 Å². The molecule has 0 aliphatic heterocycles. The second-order valence-corrected chi connectivity index (χ2v) is 10.3. The van der Waals surface area contributed by atoms with Gasteiger partial charge in [0.1, 0.15) is 10.8 Å². The topological polar surface area (TPSA) is 107 Å². The lowest BCUT2D eigenvalue weighted by molar-refractivity contribution is -0.104. The molecule has 0 aliphatic rings. The monoisotopic (exact) mass is 462 g/mol. The number of nitrogens with zero attached hydrogens (tertiary/aromatic N) is 3. The number of aromatic nitrogens is 2. The van der Waals surface area contributed by atoms with E-state index in [0.717, 1.165) is 22.2 Å². The zero-order valence-corrected chi connectivity index (χ0v) is 19.4. The largest absolute Gasteiger partial charge is 0.398 e. The number of nitrogen functional groups attached to an aromatic ring is 1. The first-order valence-corrected chi connectivity index (χ1v) is 12.3. The summed E-state index contributed by atoms with van der Waals surface area (Å²) in [5.41, 5.74) is 9.72. The summed E-state index contributed by atoms with van der Waals surface area (Å²) in [4.78, 5) is 9.07. The molecule has 168 valence electrons. The van der Waals surface area contributed by atoms with E-state index < -0.39 is 9.73 Å². The highest BCUT2D eigenvalue weighted by molar-refractivity contribution is 7.93. The van der Waals surface area contributed by atoms with Gasteiger partial charge in [-0.1, -0.05) is 32.0 Å². The summed E-state index contributed by atoms with van der Waals surface area (Å²) >= 11 is 0. The average molecular weight is 463 g/mol. The molecule has 0 radical (unpaired) electrons. The van der Waals surface area contributed by atoms with Crippen molar-refractivity contribution in [3.8, 4) is 11.1 Å². The first-order valence-electron chi connectivity index (χ1n) is 10.4. The van der Waals surface area contributed by atoms with Gasteiger partial charge in [0, 0.05) is 29.1 Å². The number of pyridine rings is 2. The van der Waals surface area contributed by atoms with Crippen molar-refractivity contribution >= 4 is 38.2 Å². The maximum Gasteiger partial charge on any atom is 0.170 e. The van der Waals surface area contributed by atoms with Crippen molar-refractivity contribution in [3.05, 3.63) is 77.9 Å². The number of hydrogen-bond acceptors (Lipinski definition) is 5. The Balaban J connectivity index is 2.14. The van der Waals surface area contributed by atoms with Crippen molar-refractivity contribution in [2.24, 2.45) is 4.36 Å². The lowest BCUT2D eigenvalue weighted by Crippen LogP contribution is -2.30. The van der Waals surface area contributed by atoms with Crippen LogP contribution in [0.15, 0.2) is 70.2 Å². The van der Waals surface area contributed by atoms with Gasteiger partial charge in [-0.3, -0.25) is 5.41 Å². The van der Waals surface area contributed by atoms with Gasteiger partial charge in [-0.15, -0.1) is 0 Å². The van der Waals surface area contributed by atoms with Gasteiger partial charge < -0.3 is 5.73 Å².